The molecule has 6 aromatic rings. The summed E-state index contributed by atoms with van der Waals surface area (Å²) in [5, 5.41) is 0. The molecule has 0 atom stereocenters. The second-order valence-electron chi connectivity index (χ2n) is 9.13. The molecule has 3 nitrogen and oxygen atoms in total. The standard InChI is InChI=1S/C33H19F4N3/c34-27-13-9-24(10-14-27)32-38-31(39-33(40-32)25-11-15-28(35)16-12-25)23-7-5-21(6-8-23)20-1-3-22(4-2-20)26-17-29(36)19-30(37)18-26/h1-19H. The topological polar surface area (TPSA) is 38.7 Å². The minimum atomic E-state index is -0.627. The van der Waals surface area contributed by atoms with Gasteiger partial charge in [-0.2, -0.15) is 0 Å². The van der Waals surface area contributed by atoms with E-state index in [4.69, 9.17) is 0 Å². The van der Waals surface area contributed by atoms with Crippen LogP contribution in [0.4, 0.5) is 17.6 Å². The Balaban J connectivity index is 1.34. The van der Waals surface area contributed by atoms with E-state index in [9.17, 15) is 17.6 Å². The molecule has 0 amide bonds. The van der Waals surface area contributed by atoms with Crippen LogP contribution in [0.1, 0.15) is 0 Å². The summed E-state index contributed by atoms with van der Waals surface area (Å²) >= 11 is 0. The van der Waals surface area contributed by atoms with E-state index in [1.54, 1.807) is 24.3 Å². The molecule has 0 bridgehead atoms. The molecular formula is C33H19F4N3. The average Bonchev–Trinajstić information content (AvgIpc) is 2.97. The maximum Gasteiger partial charge on any atom is 0.164 e. The molecule has 1 aromatic heterocycles. The Kier molecular flexibility index (Phi) is 6.62. The third-order valence-electron chi connectivity index (χ3n) is 6.40. The maximum absolute atomic E-state index is 13.6. The van der Waals surface area contributed by atoms with Crippen molar-refractivity contribution < 1.29 is 17.6 Å². The van der Waals surface area contributed by atoms with E-state index >= 15 is 0 Å². The Hall–Kier alpha value is -5.17. The average molecular weight is 534 g/mol. The van der Waals surface area contributed by atoms with Crippen LogP contribution in [0.5, 0.6) is 0 Å². The molecule has 194 valence electrons. The molecule has 0 fully saturated rings. The lowest BCUT2D eigenvalue weighted by Crippen LogP contribution is -2.00. The van der Waals surface area contributed by atoms with Gasteiger partial charge in [0.05, 0.1) is 0 Å². The molecule has 0 saturated heterocycles. The highest BCUT2D eigenvalue weighted by Gasteiger charge is 2.13. The van der Waals surface area contributed by atoms with Crippen LogP contribution in [-0.4, -0.2) is 15.0 Å². The van der Waals surface area contributed by atoms with Gasteiger partial charge in [0.2, 0.25) is 0 Å². The van der Waals surface area contributed by atoms with Gasteiger partial charge in [0.25, 0.3) is 0 Å². The highest BCUT2D eigenvalue weighted by molar-refractivity contribution is 5.73. The van der Waals surface area contributed by atoms with E-state index in [1.165, 1.54) is 36.4 Å². The minimum Gasteiger partial charge on any atom is -0.208 e. The van der Waals surface area contributed by atoms with Gasteiger partial charge in [0.15, 0.2) is 17.5 Å². The van der Waals surface area contributed by atoms with Gasteiger partial charge >= 0.3 is 0 Å². The van der Waals surface area contributed by atoms with Gasteiger partial charge in [-0.25, -0.2) is 32.5 Å². The fourth-order valence-electron chi connectivity index (χ4n) is 4.35. The van der Waals surface area contributed by atoms with Gasteiger partial charge < -0.3 is 0 Å². The third-order valence-corrected chi connectivity index (χ3v) is 6.40. The zero-order chi connectivity index (χ0) is 27.6. The van der Waals surface area contributed by atoms with E-state index in [1.807, 2.05) is 48.5 Å². The minimum absolute atomic E-state index is 0.359. The molecule has 0 N–H and O–H groups in total. The Morgan fingerprint density at radius 1 is 0.275 bits per heavy atom. The number of halogens is 4. The van der Waals surface area contributed by atoms with E-state index in [0.29, 0.717) is 39.7 Å². The van der Waals surface area contributed by atoms with Crippen molar-refractivity contribution in [3.8, 4) is 56.4 Å². The molecule has 7 heteroatoms. The van der Waals surface area contributed by atoms with E-state index in [-0.39, 0.29) is 11.6 Å². The molecule has 0 aliphatic rings. The molecule has 40 heavy (non-hydrogen) atoms. The number of nitrogens with zero attached hydrogens (tertiary/aromatic N) is 3. The molecule has 0 aliphatic heterocycles. The Labute approximate surface area is 227 Å². The van der Waals surface area contributed by atoms with Crippen LogP contribution in [-0.2, 0) is 0 Å². The quantitative estimate of drug-likeness (QED) is 0.208. The lowest BCUT2D eigenvalue weighted by molar-refractivity contribution is 0.584. The summed E-state index contributed by atoms with van der Waals surface area (Å²) in [6, 6.07) is 30.1. The molecule has 6 rings (SSSR count). The molecular weight excluding hydrogens is 514 g/mol. The van der Waals surface area contributed by atoms with Crippen molar-refractivity contribution in [3.05, 3.63) is 139 Å². The number of aromatic nitrogens is 3. The summed E-state index contributed by atoms with van der Waals surface area (Å²) in [7, 11) is 0. The third kappa shape index (κ3) is 5.35. The van der Waals surface area contributed by atoms with Crippen LogP contribution in [0.15, 0.2) is 115 Å². The molecule has 0 unspecified atom stereocenters. The predicted octanol–water partition coefficient (Wildman–Crippen LogP) is 8.76. The van der Waals surface area contributed by atoms with Crippen molar-refractivity contribution in [1.82, 2.24) is 15.0 Å². The van der Waals surface area contributed by atoms with Gasteiger partial charge in [-0.05, 0) is 82.9 Å². The van der Waals surface area contributed by atoms with Crippen LogP contribution in [0.3, 0.4) is 0 Å². The SMILES string of the molecule is Fc1ccc(-c2nc(-c3ccc(F)cc3)nc(-c3ccc(-c4ccc(-c5cc(F)cc(F)c5)cc4)cc3)n2)cc1. The van der Waals surface area contributed by atoms with Crippen molar-refractivity contribution in [2.75, 3.05) is 0 Å². The Morgan fingerprint density at radius 3 is 0.900 bits per heavy atom. The molecule has 0 spiro atoms. The number of benzene rings is 5. The normalized spacial score (nSPS) is 11.0. The fraction of sp³-hybridized carbons (Fsp3) is 0. The predicted molar refractivity (Wildman–Crippen MR) is 147 cm³/mol. The zero-order valence-corrected chi connectivity index (χ0v) is 20.8. The summed E-state index contributed by atoms with van der Waals surface area (Å²) in [5.41, 5.74) is 4.96. The Morgan fingerprint density at radius 2 is 0.550 bits per heavy atom. The van der Waals surface area contributed by atoms with Crippen molar-refractivity contribution >= 4 is 0 Å². The van der Waals surface area contributed by atoms with Crippen LogP contribution >= 0.6 is 0 Å². The highest BCUT2D eigenvalue weighted by Crippen LogP contribution is 2.29. The van der Waals surface area contributed by atoms with Crippen molar-refractivity contribution in [2.45, 2.75) is 0 Å². The van der Waals surface area contributed by atoms with Gasteiger partial charge in [0, 0.05) is 22.8 Å². The summed E-state index contributed by atoms with van der Waals surface area (Å²) in [5.74, 6) is -0.873. The van der Waals surface area contributed by atoms with E-state index in [0.717, 1.165) is 22.8 Å². The van der Waals surface area contributed by atoms with Crippen LogP contribution in [0.25, 0.3) is 56.4 Å². The largest absolute Gasteiger partial charge is 0.208 e. The van der Waals surface area contributed by atoms with Crippen molar-refractivity contribution in [2.24, 2.45) is 0 Å². The molecule has 0 saturated carbocycles. The van der Waals surface area contributed by atoms with Gasteiger partial charge in [-0.3, -0.25) is 0 Å². The monoisotopic (exact) mass is 533 g/mol. The first kappa shape index (κ1) is 25.1. The summed E-state index contributed by atoms with van der Waals surface area (Å²) in [4.78, 5) is 13.8. The van der Waals surface area contributed by atoms with E-state index in [2.05, 4.69) is 15.0 Å². The smallest absolute Gasteiger partial charge is 0.164 e. The van der Waals surface area contributed by atoms with Gasteiger partial charge in [0.1, 0.15) is 23.3 Å². The number of rotatable bonds is 5. The fourth-order valence-corrected chi connectivity index (χ4v) is 4.35. The summed E-state index contributed by atoms with van der Waals surface area (Å²) in [6.45, 7) is 0. The number of hydrogen-bond acceptors (Lipinski definition) is 3. The van der Waals surface area contributed by atoms with E-state index < -0.39 is 11.6 Å². The van der Waals surface area contributed by atoms with Crippen molar-refractivity contribution in [3.63, 3.8) is 0 Å². The number of hydrogen-bond donors (Lipinski definition) is 0. The van der Waals surface area contributed by atoms with Crippen LogP contribution in [0.2, 0.25) is 0 Å². The Bertz CT molecular complexity index is 1720. The van der Waals surface area contributed by atoms with Gasteiger partial charge in [-0.1, -0.05) is 48.5 Å². The summed E-state index contributed by atoms with van der Waals surface area (Å²) < 4.78 is 54.3. The summed E-state index contributed by atoms with van der Waals surface area (Å²) in [6.07, 6.45) is 0. The first-order valence-electron chi connectivity index (χ1n) is 12.4. The van der Waals surface area contributed by atoms with Crippen LogP contribution < -0.4 is 0 Å². The molecule has 0 radical (unpaired) electrons. The highest BCUT2D eigenvalue weighted by atomic mass is 19.1. The molecule has 0 aliphatic carbocycles. The molecule has 1 heterocycles. The van der Waals surface area contributed by atoms with Gasteiger partial charge in [-0.15, -0.1) is 0 Å². The molecule has 5 aromatic carbocycles. The second kappa shape index (κ2) is 10.5. The second-order valence-corrected chi connectivity index (χ2v) is 9.13. The zero-order valence-electron chi connectivity index (χ0n) is 20.8. The van der Waals surface area contributed by atoms with Crippen LogP contribution in [0, 0.1) is 23.3 Å². The lowest BCUT2D eigenvalue weighted by Gasteiger charge is -2.09. The van der Waals surface area contributed by atoms with Crippen molar-refractivity contribution in [1.29, 1.82) is 0 Å². The lowest BCUT2D eigenvalue weighted by atomic mass is 9.99. The first-order valence-corrected chi connectivity index (χ1v) is 12.4. The first-order chi connectivity index (χ1) is 19.4. The maximum atomic E-state index is 13.6.